The Balaban J connectivity index is 1.32. The highest BCUT2D eigenvalue weighted by Gasteiger charge is 2.34. The molecule has 10 nitrogen and oxygen atoms in total. The topological polar surface area (TPSA) is 126 Å². The standard InChI is InChI=1S/C28H24N6O4S/c1-15-20(11-12-22(30-15)38-17-7-4-3-5-8-17)34-21-13-14-29-27-23(21)24(33-28(34)37)25(39-27)26(36)32-19-10-6-9-18(19)31-16(2)35/h3-5,7-8,10-14,18H,6,9H2,1-2H3,(H,31,35)(H,32,36)(H,33,37)/t18-/m0/s1. The molecule has 3 aromatic heterocycles. The zero-order valence-corrected chi connectivity index (χ0v) is 22.0. The van der Waals surface area contributed by atoms with Crippen molar-refractivity contribution < 1.29 is 19.1 Å². The van der Waals surface area contributed by atoms with Gasteiger partial charge < -0.3 is 20.7 Å². The van der Waals surface area contributed by atoms with E-state index in [2.05, 4.69) is 25.9 Å². The van der Waals surface area contributed by atoms with Crippen molar-refractivity contribution in [3.63, 3.8) is 0 Å². The van der Waals surface area contributed by atoms with Crippen molar-refractivity contribution in [3.05, 3.63) is 77.1 Å². The summed E-state index contributed by atoms with van der Waals surface area (Å²) in [7, 11) is 0. The number of thiophene rings is 1. The van der Waals surface area contributed by atoms with Crippen LogP contribution in [0.2, 0.25) is 0 Å². The third-order valence-corrected chi connectivity index (χ3v) is 7.62. The molecule has 39 heavy (non-hydrogen) atoms. The van der Waals surface area contributed by atoms with Crippen LogP contribution < -0.4 is 25.6 Å². The molecule has 1 atom stereocenters. The first-order valence-corrected chi connectivity index (χ1v) is 13.2. The van der Waals surface area contributed by atoms with Gasteiger partial charge in [0.05, 0.1) is 34.2 Å². The number of anilines is 3. The van der Waals surface area contributed by atoms with Crippen LogP contribution in [0.3, 0.4) is 0 Å². The maximum atomic E-state index is 13.5. The lowest BCUT2D eigenvalue weighted by atomic mass is 10.1. The molecule has 0 spiro atoms. The number of urea groups is 1. The highest BCUT2D eigenvalue weighted by atomic mass is 32.1. The fraction of sp³-hybridized carbons (Fsp3) is 0.179. The van der Waals surface area contributed by atoms with Gasteiger partial charge in [-0.15, -0.1) is 11.3 Å². The number of ether oxygens (including phenoxy) is 1. The Bertz CT molecular complexity index is 1670. The summed E-state index contributed by atoms with van der Waals surface area (Å²) in [5, 5.41) is 9.36. The quantitative estimate of drug-likeness (QED) is 0.301. The molecular weight excluding hydrogens is 516 g/mol. The normalized spacial score (nSPS) is 16.1. The number of hydrogen-bond donors (Lipinski definition) is 3. The van der Waals surface area contributed by atoms with Gasteiger partial charge in [-0.1, -0.05) is 24.3 Å². The molecule has 4 aromatic rings. The lowest BCUT2D eigenvalue weighted by Crippen LogP contribution is -2.39. The molecule has 4 amide bonds. The van der Waals surface area contributed by atoms with Gasteiger partial charge in [0, 0.05) is 24.9 Å². The zero-order chi connectivity index (χ0) is 27.1. The Morgan fingerprint density at radius 3 is 2.72 bits per heavy atom. The summed E-state index contributed by atoms with van der Waals surface area (Å²) in [6.07, 6.45) is 4.99. The van der Waals surface area contributed by atoms with E-state index in [9.17, 15) is 14.4 Å². The Kier molecular flexibility index (Phi) is 6.20. The highest BCUT2D eigenvalue weighted by Crippen LogP contribution is 2.46. The van der Waals surface area contributed by atoms with E-state index in [0.29, 0.717) is 61.6 Å². The lowest BCUT2D eigenvalue weighted by molar-refractivity contribution is -0.119. The van der Waals surface area contributed by atoms with Crippen molar-refractivity contribution in [2.75, 3.05) is 10.2 Å². The van der Waals surface area contributed by atoms with Crippen LogP contribution in [-0.4, -0.2) is 33.9 Å². The highest BCUT2D eigenvalue weighted by molar-refractivity contribution is 7.21. The first kappa shape index (κ1) is 24.6. The van der Waals surface area contributed by atoms with Gasteiger partial charge in [-0.3, -0.25) is 14.5 Å². The van der Waals surface area contributed by atoms with Gasteiger partial charge in [-0.25, -0.2) is 14.8 Å². The molecule has 6 rings (SSSR count). The van der Waals surface area contributed by atoms with Gasteiger partial charge in [0.1, 0.15) is 15.5 Å². The molecule has 4 heterocycles. The number of para-hydroxylation sites is 1. The molecule has 0 saturated heterocycles. The molecule has 0 unspecified atom stereocenters. The summed E-state index contributed by atoms with van der Waals surface area (Å²) in [6, 6.07) is 13.9. The minimum absolute atomic E-state index is 0.162. The second-order valence-corrected chi connectivity index (χ2v) is 10.2. The fourth-order valence-corrected chi connectivity index (χ4v) is 5.86. The monoisotopic (exact) mass is 540 g/mol. The minimum atomic E-state index is -0.416. The number of aryl methyl sites for hydroxylation is 1. The maximum absolute atomic E-state index is 13.5. The Labute approximate surface area is 227 Å². The van der Waals surface area contributed by atoms with E-state index in [1.807, 2.05) is 43.3 Å². The molecule has 2 aliphatic rings. The van der Waals surface area contributed by atoms with Crippen molar-refractivity contribution in [1.82, 2.24) is 20.6 Å². The average molecular weight is 541 g/mol. The van der Waals surface area contributed by atoms with Gasteiger partial charge in [0.25, 0.3) is 5.91 Å². The van der Waals surface area contributed by atoms with Crippen LogP contribution in [0, 0.1) is 6.92 Å². The van der Waals surface area contributed by atoms with Crippen LogP contribution in [0.5, 0.6) is 11.6 Å². The number of pyridine rings is 2. The number of carbonyl (C=O) groups excluding carboxylic acids is 3. The summed E-state index contributed by atoms with van der Waals surface area (Å²) in [4.78, 5) is 49.9. The maximum Gasteiger partial charge on any atom is 0.331 e. The van der Waals surface area contributed by atoms with Crippen molar-refractivity contribution in [1.29, 1.82) is 0 Å². The smallest absolute Gasteiger partial charge is 0.331 e. The predicted molar refractivity (Wildman–Crippen MR) is 149 cm³/mol. The molecule has 1 aromatic carbocycles. The SMILES string of the molecule is CC(=O)N[C@H]1CCC=C1NC(=O)c1sc2nccc3c2c1NC(=O)N3c1ccc(Oc2ccccc2)nc1C. The van der Waals surface area contributed by atoms with Crippen LogP contribution >= 0.6 is 11.3 Å². The van der Waals surface area contributed by atoms with E-state index in [-0.39, 0.29) is 17.9 Å². The van der Waals surface area contributed by atoms with E-state index in [1.54, 1.807) is 24.4 Å². The van der Waals surface area contributed by atoms with E-state index in [1.165, 1.54) is 23.2 Å². The Morgan fingerprint density at radius 1 is 1.13 bits per heavy atom. The number of nitrogens with zero attached hydrogens (tertiary/aromatic N) is 3. The number of amides is 4. The average Bonchev–Trinajstić information content (AvgIpc) is 3.50. The van der Waals surface area contributed by atoms with Gasteiger partial charge in [0.2, 0.25) is 11.8 Å². The van der Waals surface area contributed by atoms with Crippen LogP contribution in [0.15, 0.2) is 66.5 Å². The third-order valence-electron chi connectivity index (χ3n) is 6.52. The molecule has 0 radical (unpaired) electrons. The molecule has 1 aliphatic carbocycles. The second kappa shape index (κ2) is 9.84. The molecule has 3 N–H and O–H groups in total. The van der Waals surface area contributed by atoms with Gasteiger partial charge in [0.15, 0.2) is 0 Å². The van der Waals surface area contributed by atoms with Crippen LogP contribution in [-0.2, 0) is 4.79 Å². The zero-order valence-electron chi connectivity index (χ0n) is 21.1. The summed E-state index contributed by atoms with van der Waals surface area (Å²) in [5.74, 6) is 0.545. The largest absolute Gasteiger partial charge is 0.439 e. The van der Waals surface area contributed by atoms with Gasteiger partial charge >= 0.3 is 6.03 Å². The molecule has 0 saturated carbocycles. The Hall–Kier alpha value is -4.77. The summed E-state index contributed by atoms with van der Waals surface area (Å²) < 4.78 is 5.84. The van der Waals surface area contributed by atoms with Crippen molar-refractivity contribution in [3.8, 4) is 11.6 Å². The van der Waals surface area contributed by atoms with Gasteiger partial charge in [-0.2, -0.15) is 0 Å². The fourth-order valence-electron chi connectivity index (χ4n) is 4.84. The third kappa shape index (κ3) is 4.57. The summed E-state index contributed by atoms with van der Waals surface area (Å²) >= 11 is 1.20. The number of aromatic nitrogens is 2. The first-order chi connectivity index (χ1) is 18.9. The molecular formula is C28H24N6O4S. The molecule has 0 bridgehead atoms. The number of hydrogen-bond acceptors (Lipinski definition) is 7. The van der Waals surface area contributed by atoms with E-state index in [0.717, 1.165) is 6.42 Å². The first-order valence-electron chi connectivity index (χ1n) is 12.4. The van der Waals surface area contributed by atoms with Crippen LogP contribution in [0.4, 0.5) is 21.9 Å². The number of benzene rings is 1. The van der Waals surface area contributed by atoms with Crippen molar-refractivity contribution in [2.45, 2.75) is 32.7 Å². The molecule has 0 fully saturated rings. The van der Waals surface area contributed by atoms with Crippen LogP contribution in [0.25, 0.3) is 10.2 Å². The molecule has 1 aliphatic heterocycles. The van der Waals surface area contributed by atoms with Gasteiger partial charge in [-0.05, 0) is 44.0 Å². The Morgan fingerprint density at radius 2 is 1.95 bits per heavy atom. The number of rotatable bonds is 6. The van der Waals surface area contributed by atoms with E-state index in [4.69, 9.17) is 4.74 Å². The second-order valence-electron chi connectivity index (χ2n) is 9.20. The molecule has 11 heteroatoms. The van der Waals surface area contributed by atoms with E-state index >= 15 is 0 Å². The van der Waals surface area contributed by atoms with Crippen molar-refractivity contribution in [2.24, 2.45) is 0 Å². The number of nitrogens with one attached hydrogen (secondary N) is 3. The number of allylic oxidation sites excluding steroid dienone is 1. The lowest BCUT2D eigenvalue weighted by Gasteiger charge is -2.29. The predicted octanol–water partition coefficient (Wildman–Crippen LogP) is 5.39. The van der Waals surface area contributed by atoms with Crippen molar-refractivity contribution >= 4 is 56.5 Å². The molecule has 196 valence electrons. The summed E-state index contributed by atoms with van der Waals surface area (Å²) in [6.45, 7) is 3.26. The minimum Gasteiger partial charge on any atom is -0.439 e. The van der Waals surface area contributed by atoms with Crippen LogP contribution in [0.1, 0.15) is 35.1 Å². The number of carbonyl (C=O) groups is 3. The van der Waals surface area contributed by atoms with E-state index < -0.39 is 6.03 Å². The summed E-state index contributed by atoms with van der Waals surface area (Å²) in [5.41, 5.74) is 2.85.